The van der Waals surface area contributed by atoms with E-state index in [4.69, 9.17) is 0 Å². The molecular weight excluding hydrogens is 258 g/mol. The molecule has 1 heterocycles. The molecule has 2 heteroatoms. The number of aldehydes is 1. The van der Waals surface area contributed by atoms with E-state index in [0.29, 0.717) is 6.42 Å². The number of hydrogen-bond donors (Lipinski definition) is 0. The summed E-state index contributed by atoms with van der Waals surface area (Å²) in [5.74, 6) is 0. The first-order valence-electron chi connectivity index (χ1n) is 7.81. The number of carbonyl (C=O) groups is 1. The number of rotatable bonds is 8. The van der Waals surface area contributed by atoms with Gasteiger partial charge in [0.2, 0.25) is 0 Å². The van der Waals surface area contributed by atoms with Gasteiger partial charge in [0.15, 0.2) is 0 Å². The van der Waals surface area contributed by atoms with Gasteiger partial charge in [-0.15, -0.1) is 0 Å². The number of pyridine rings is 1. The van der Waals surface area contributed by atoms with Crippen LogP contribution in [0.3, 0.4) is 0 Å². The van der Waals surface area contributed by atoms with Gasteiger partial charge in [-0.1, -0.05) is 43.7 Å². The van der Waals surface area contributed by atoms with Crippen molar-refractivity contribution in [2.45, 2.75) is 45.4 Å². The second-order valence-corrected chi connectivity index (χ2v) is 5.41. The largest absolute Gasteiger partial charge is 0.303 e. The fourth-order valence-electron chi connectivity index (χ4n) is 2.36. The van der Waals surface area contributed by atoms with E-state index in [-0.39, 0.29) is 0 Å². The Bertz CT molecular complexity index is 543. The molecule has 0 saturated heterocycles. The molecule has 1 aromatic heterocycles. The molecule has 1 aromatic carbocycles. The van der Waals surface area contributed by atoms with Crippen LogP contribution in [0.5, 0.6) is 0 Å². The van der Waals surface area contributed by atoms with E-state index in [1.165, 1.54) is 24.0 Å². The Morgan fingerprint density at radius 3 is 2.29 bits per heavy atom. The third-order valence-electron chi connectivity index (χ3n) is 3.68. The van der Waals surface area contributed by atoms with Crippen molar-refractivity contribution in [2.24, 2.45) is 0 Å². The molecule has 0 atom stereocenters. The molecule has 0 radical (unpaired) electrons. The standard InChI is InChI=1S/C19H23NO/c1-2-3-6-16-8-11-18(12-9-16)19-13-10-17(15-20-19)7-4-5-14-21/h8-15H,2-7H2,1H3. The van der Waals surface area contributed by atoms with Gasteiger partial charge in [-0.25, -0.2) is 0 Å². The zero-order valence-electron chi connectivity index (χ0n) is 12.7. The summed E-state index contributed by atoms with van der Waals surface area (Å²) in [6.45, 7) is 2.22. The molecule has 0 fully saturated rings. The van der Waals surface area contributed by atoms with Crippen LogP contribution in [0, 0.1) is 0 Å². The first-order chi connectivity index (χ1) is 10.3. The van der Waals surface area contributed by atoms with Crippen molar-refractivity contribution >= 4 is 6.29 Å². The second kappa shape index (κ2) is 8.35. The molecule has 21 heavy (non-hydrogen) atoms. The Labute approximate surface area is 127 Å². The number of unbranched alkanes of at least 4 members (excludes halogenated alkanes) is 2. The lowest BCUT2D eigenvalue weighted by Gasteiger charge is -2.05. The molecule has 2 nitrogen and oxygen atoms in total. The van der Waals surface area contributed by atoms with Crippen LogP contribution in [0.2, 0.25) is 0 Å². The van der Waals surface area contributed by atoms with E-state index in [1.807, 2.05) is 6.20 Å². The highest BCUT2D eigenvalue weighted by Crippen LogP contribution is 2.19. The molecule has 0 N–H and O–H groups in total. The minimum absolute atomic E-state index is 0.626. The van der Waals surface area contributed by atoms with Crippen LogP contribution in [-0.2, 0) is 17.6 Å². The van der Waals surface area contributed by atoms with E-state index in [1.54, 1.807) is 0 Å². The highest BCUT2D eigenvalue weighted by Gasteiger charge is 2.01. The van der Waals surface area contributed by atoms with Gasteiger partial charge in [0.25, 0.3) is 0 Å². The predicted molar refractivity (Wildman–Crippen MR) is 87.3 cm³/mol. The van der Waals surface area contributed by atoms with Crippen LogP contribution in [0.15, 0.2) is 42.6 Å². The van der Waals surface area contributed by atoms with Crippen molar-refractivity contribution in [3.05, 3.63) is 53.7 Å². The third kappa shape index (κ3) is 4.82. The summed E-state index contributed by atoms with van der Waals surface area (Å²) in [6.07, 6.45) is 8.97. The molecule has 0 aliphatic carbocycles. The number of carbonyl (C=O) groups excluding carboxylic acids is 1. The fourth-order valence-corrected chi connectivity index (χ4v) is 2.36. The summed E-state index contributed by atoms with van der Waals surface area (Å²) in [4.78, 5) is 14.8. The molecule has 110 valence electrons. The lowest BCUT2D eigenvalue weighted by atomic mass is 10.0. The molecule has 0 aliphatic rings. The average Bonchev–Trinajstić information content (AvgIpc) is 2.54. The topological polar surface area (TPSA) is 30.0 Å². The molecule has 0 spiro atoms. The van der Waals surface area contributed by atoms with Crippen LogP contribution in [0.4, 0.5) is 0 Å². The minimum Gasteiger partial charge on any atom is -0.303 e. The summed E-state index contributed by atoms with van der Waals surface area (Å²) >= 11 is 0. The lowest BCUT2D eigenvalue weighted by molar-refractivity contribution is -0.107. The van der Waals surface area contributed by atoms with Gasteiger partial charge in [0.1, 0.15) is 6.29 Å². The van der Waals surface area contributed by atoms with Crippen molar-refractivity contribution in [3.63, 3.8) is 0 Å². The third-order valence-corrected chi connectivity index (χ3v) is 3.68. The summed E-state index contributed by atoms with van der Waals surface area (Å²) in [6, 6.07) is 12.9. The Morgan fingerprint density at radius 2 is 1.67 bits per heavy atom. The van der Waals surface area contributed by atoms with E-state index >= 15 is 0 Å². The summed E-state index contributed by atoms with van der Waals surface area (Å²) in [7, 11) is 0. The highest BCUT2D eigenvalue weighted by atomic mass is 16.1. The van der Waals surface area contributed by atoms with E-state index in [0.717, 1.165) is 36.8 Å². The molecule has 0 unspecified atom stereocenters. The van der Waals surface area contributed by atoms with Gasteiger partial charge in [-0.2, -0.15) is 0 Å². The molecule has 0 amide bonds. The number of aryl methyl sites for hydroxylation is 2. The lowest BCUT2D eigenvalue weighted by Crippen LogP contribution is -1.90. The van der Waals surface area contributed by atoms with Crippen LogP contribution in [0.25, 0.3) is 11.3 Å². The maximum atomic E-state index is 10.3. The van der Waals surface area contributed by atoms with E-state index in [2.05, 4.69) is 48.3 Å². The van der Waals surface area contributed by atoms with Gasteiger partial charge in [0, 0.05) is 18.2 Å². The van der Waals surface area contributed by atoms with Gasteiger partial charge < -0.3 is 4.79 Å². The summed E-state index contributed by atoms with van der Waals surface area (Å²) in [5.41, 5.74) is 4.76. The zero-order valence-corrected chi connectivity index (χ0v) is 12.7. The van der Waals surface area contributed by atoms with E-state index < -0.39 is 0 Å². The van der Waals surface area contributed by atoms with Crippen LogP contribution in [-0.4, -0.2) is 11.3 Å². The smallest absolute Gasteiger partial charge is 0.120 e. The molecule has 0 saturated carbocycles. The molecule has 2 rings (SSSR count). The predicted octanol–water partition coefficient (Wildman–Crippen LogP) is 4.61. The summed E-state index contributed by atoms with van der Waals surface area (Å²) in [5, 5.41) is 0. The van der Waals surface area contributed by atoms with Crippen molar-refractivity contribution in [3.8, 4) is 11.3 Å². The molecular formula is C19H23NO. The Balaban J connectivity index is 1.99. The van der Waals surface area contributed by atoms with Gasteiger partial charge >= 0.3 is 0 Å². The molecule has 0 aliphatic heterocycles. The van der Waals surface area contributed by atoms with Gasteiger partial charge in [0.05, 0.1) is 5.69 Å². The number of benzene rings is 1. The molecule has 2 aromatic rings. The summed E-state index contributed by atoms with van der Waals surface area (Å²) < 4.78 is 0. The molecule has 0 bridgehead atoms. The second-order valence-electron chi connectivity index (χ2n) is 5.41. The zero-order chi connectivity index (χ0) is 14.9. The average molecular weight is 281 g/mol. The van der Waals surface area contributed by atoms with Gasteiger partial charge in [-0.3, -0.25) is 4.98 Å². The SMILES string of the molecule is CCCCc1ccc(-c2ccc(CCCC=O)cn2)cc1. The van der Waals surface area contributed by atoms with Crippen molar-refractivity contribution < 1.29 is 4.79 Å². The first-order valence-corrected chi connectivity index (χ1v) is 7.81. The monoisotopic (exact) mass is 281 g/mol. The Morgan fingerprint density at radius 1 is 0.952 bits per heavy atom. The van der Waals surface area contributed by atoms with Crippen LogP contribution in [0.1, 0.15) is 43.7 Å². The number of hydrogen-bond acceptors (Lipinski definition) is 2. The van der Waals surface area contributed by atoms with Crippen molar-refractivity contribution in [1.82, 2.24) is 4.98 Å². The van der Waals surface area contributed by atoms with Crippen LogP contribution < -0.4 is 0 Å². The van der Waals surface area contributed by atoms with Crippen LogP contribution >= 0.6 is 0 Å². The quantitative estimate of drug-likeness (QED) is 0.522. The normalized spacial score (nSPS) is 10.5. The number of aromatic nitrogens is 1. The van der Waals surface area contributed by atoms with Gasteiger partial charge in [-0.05, 0) is 42.9 Å². The maximum Gasteiger partial charge on any atom is 0.120 e. The highest BCUT2D eigenvalue weighted by molar-refractivity contribution is 5.59. The van der Waals surface area contributed by atoms with Crippen molar-refractivity contribution in [1.29, 1.82) is 0 Å². The fraction of sp³-hybridized carbons (Fsp3) is 0.368. The number of nitrogens with zero attached hydrogens (tertiary/aromatic N) is 1. The minimum atomic E-state index is 0.626. The van der Waals surface area contributed by atoms with Crippen molar-refractivity contribution in [2.75, 3.05) is 0 Å². The van der Waals surface area contributed by atoms with E-state index in [9.17, 15) is 4.79 Å². The Kier molecular flexibility index (Phi) is 6.14. The Hall–Kier alpha value is -1.96. The first kappa shape index (κ1) is 15.4. The maximum absolute atomic E-state index is 10.3.